The van der Waals surface area contributed by atoms with Crippen LogP contribution >= 0.6 is 0 Å². The molecule has 1 atom stereocenters. The summed E-state index contributed by atoms with van der Waals surface area (Å²) >= 11 is 0. The van der Waals surface area contributed by atoms with Crippen LogP contribution in [0.3, 0.4) is 0 Å². The van der Waals surface area contributed by atoms with Crippen LogP contribution in [0.25, 0.3) is 17.0 Å². The molecular formula is C41H52N4O5. The number of ether oxygens (including phenoxy) is 1. The Bertz CT molecular complexity index is 1580. The van der Waals surface area contributed by atoms with E-state index in [0.717, 1.165) is 52.8 Å². The summed E-state index contributed by atoms with van der Waals surface area (Å²) in [6.07, 6.45) is 21.0. The number of amides is 2. The first kappa shape index (κ1) is 36.7. The number of carbonyl (C=O) groups excluding carboxylic acids is 2. The lowest BCUT2D eigenvalue weighted by Gasteiger charge is -2.35. The highest BCUT2D eigenvalue weighted by molar-refractivity contribution is 5.87. The van der Waals surface area contributed by atoms with Crippen LogP contribution in [0, 0.1) is 17.8 Å². The van der Waals surface area contributed by atoms with Crippen molar-refractivity contribution >= 4 is 23.4 Å². The zero-order chi connectivity index (χ0) is 35.3. The highest BCUT2D eigenvalue weighted by Crippen LogP contribution is 2.42. The van der Waals surface area contributed by atoms with Crippen LogP contribution in [0.4, 0.5) is 0 Å². The molecule has 0 spiro atoms. The van der Waals surface area contributed by atoms with Crippen molar-refractivity contribution in [2.75, 3.05) is 20.2 Å². The van der Waals surface area contributed by atoms with E-state index in [9.17, 15) is 19.5 Å². The number of carbonyl (C=O) groups is 3. The molecule has 9 heteroatoms. The summed E-state index contributed by atoms with van der Waals surface area (Å²) in [5.41, 5.74) is 4.80. The second-order valence-corrected chi connectivity index (χ2v) is 14.0. The molecule has 1 heterocycles. The average molecular weight is 681 g/mol. The second kappa shape index (κ2) is 18.5. The third kappa shape index (κ3) is 10.7. The maximum absolute atomic E-state index is 12.9. The van der Waals surface area contributed by atoms with Crippen molar-refractivity contribution < 1.29 is 24.2 Å². The van der Waals surface area contributed by atoms with E-state index in [1.807, 2.05) is 36.7 Å². The van der Waals surface area contributed by atoms with Gasteiger partial charge in [0.25, 0.3) is 0 Å². The lowest BCUT2D eigenvalue weighted by Crippen LogP contribution is -2.42. The van der Waals surface area contributed by atoms with Crippen LogP contribution in [-0.2, 0) is 27.3 Å². The number of carboxylic acid groups (broad SMARTS) is 1. The number of allylic oxidation sites excluding steroid dienone is 2. The zero-order valence-electron chi connectivity index (χ0n) is 29.6. The fourth-order valence-corrected chi connectivity index (χ4v) is 7.47. The lowest BCUT2D eigenvalue weighted by molar-refractivity contribution is -0.144. The van der Waals surface area contributed by atoms with Gasteiger partial charge < -0.3 is 20.1 Å². The molecule has 0 radical (unpaired) electrons. The van der Waals surface area contributed by atoms with Gasteiger partial charge in [0.1, 0.15) is 12.3 Å². The first-order valence-corrected chi connectivity index (χ1v) is 18.3. The normalized spacial score (nSPS) is 18.9. The van der Waals surface area contributed by atoms with Gasteiger partial charge in [0.2, 0.25) is 11.8 Å². The Hall–Kier alpha value is -4.53. The number of nitrogens with one attached hydrogen (secondary N) is 1. The molecule has 2 amide bonds. The summed E-state index contributed by atoms with van der Waals surface area (Å²) < 4.78 is 5.14. The van der Waals surface area contributed by atoms with E-state index >= 15 is 0 Å². The summed E-state index contributed by atoms with van der Waals surface area (Å²) in [5, 5.41) is 12.0. The molecule has 5 rings (SSSR count). The number of hydrogen-bond acceptors (Lipinski definition) is 6. The molecule has 2 aromatic carbocycles. The Balaban J connectivity index is 1.10. The second-order valence-electron chi connectivity index (χ2n) is 14.0. The molecule has 0 unspecified atom stereocenters. The van der Waals surface area contributed by atoms with Crippen LogP contribution in [0.2, 0.25) is 0 Å². The van der Waals surface area contributed by atoms with Crippen molar-refractivity contribution in [3.8, 4) is 17.1 Å². The lowest BCUT2D eigenvalue weighted by atomic mass is 9.70. The first-order valence-electron chi connectivity index (χ1n) is 18.3. The highest BCUT2D eigenvalue weighted by atomic mass is 16.5. The number of methoxy groups -OCH3 is 1. The van der Waals surface area contributed by atoms with Crippen LogP contribution in [0.15, 0.2) is 67.0 Å². The summed E-state index contributed by atoms with van der Waals surface area (Å²) in [7, 11) is 1.57. The van der Waals surface area contributed by atoms with E-state index in [4.69, 9.17) is 4.74 Å². The molecule has 2 N–H and O–H groups in total. The standard InChI is InChI=1S/C41H52N4O5/c1-3-4-5-6-29-7-13-32(14-8-29)33-17-19-34(20-18-33)36-24-43-41(44-25-36)35-15-9-31(10-16-35)27-45(28-40(48)49)39(47)26-42-38(46)23-30-11-21-37(50-2)22-12-30/h9-12,15-16,19,21-22,24-25,29,32-33H,3-8,13-14,17-18,20,23,26-28H2,1-2H3,(H,42,46)(H,48,49)/t29?,32?,33-/m1/s1. The largest absolute Gasteiger partial charge is 0.497 e. The number of aliphatic carboxylic acids is 1. The number of benzene rings is 2. The van der Waals surface area contributed by atoms with E-state index < -0.39 is 18.4 Å². The molecule has 9 nitrogen and oxygen atoms in total. The van der Waals surface area contributed by atoms with Crippen molar-refractivity contribution in [1.29, 1.82) is 0 Å². The molecule has 1 aromatic heterocycles. The third-order valence-electron chi connectivity index (χ3n) is 10.5. The van der Waals surface area contributed by atoms with Gasteiger partial charge in [0.15, 0.2) is 5.82 Å². The molecule has 2 aliphatic rings. The molecule has 1 fully saturated rings. The fraction of sp³-hybridized carbons (Fsp3) is 0.488. The zero-order valence-corrected chi connectivity index (χ0v) is 29.6. The van der Waals surface area contributed by atoms with Crippen LogP contribution < -0.4 is 10.1 Å². The van der Waals surface area contributed by atoms with Crippen molar-refractivity contribution in [1.82, 2.24) is 20.2 Å². The number of rotatable bonds is 16. The van der Waals surface area contributed by atoms with Gasteiger partial charge in [-0.2, -0.15) is 0 Å². The minimum absolute atomic E-state index is 0.0924. The van der Waals surface area contributed by atoms with Gasteiger partial charge >= 0.3 is 5.97 Å². The van der Waals surface area contributed by atoms with E-state index in [-0.39, 0.29) is 25.4 Å². The summed E-state index contributed by atoms with van der Waals surface area (Å²) in [6.45, 7) is 1.61. The molecule has 266 valence electrons. The smallest absolute Gasteiger partial charge is 0.323 e. The van der Waals surface area contributed by atoms with Gasteiger partial charge in [-0.15, -0.1) is 0 Å². The van der Waals surface area contributed by atoms with Crippen LogP contribution in [0.1, 0.15) is 94.2 Å². The minimum Gasteiger partial charge on any atom is -0.497 e. The minimum atomic E-state index is -1.13. The quantitative estimate of drug-likeness (QED) is 0.150. The number of nitrogens with zero attached hydrogens (tertiary/aromatic N) is 3. The van der Waals surface area contributed by atoms with E-state index in [1.54, 1.807) is 31.4 Å². The van der Waals surface area contributed by atoms with Crippen molar-refractivity contribution in [2.24, 2.45) is 17.8 Å². The van der Waals surface area contributed by atoms with Gasteiger partial charge in [0, 0.05) is 30.1 Å². The molecule has 3 aromatic rings. The number of carboxylic acids is 1. The van der Waals surface area contributed by atoms with Gasteiger partial charge in [-0.3, -0.25) is 14.4 Å². The summed E-state index contributed by atoms with van der Waals surface area (Å²) in [5.74, 6) is 2.00. The third-order valence-corrected chi connectivity index (χ3v) is 10.5. The Morgan fingerprint density at radius 3 is 2.20 bits per heavy atom. The fourth-order valence-electron chi connectivity index (χ4n) is 7.47. The van der Waals surface area contributed by atoms with Gasteiger partial charge in [-0.1, -0.05) is 87.9 Å². The molecule has 50 heavy (non-hydrogen) atoms. The number of hydrogen-bond donors (Lipinski definition) is 2. The topological polar surface area (TPSA) is 122 Å². The molecule has 2 aliphatic carbocycles. The van der Waals surface area contributed by atoms with E-state index in [0.29, 0.717) is 11.6 Å². The summed E-state index contributed by atoms with van der Waals surface area (Å²) in [4.78, 5) is 47.5. The Kier molecular flexibility index (Phi) is 13.6. The van der Waals surface area contributed by atoms with Crippen molar-refractivity contribution in [2.45, 2.75) is 90.5 Å². The van der Waals surface area contributed by atoms with Crippen LogP contribution in [-0.4, -0.2) is 58.0 Å². The monoisotopic (exact) mass is 680 g/mol. The molecule has 0 bridgehead atoms. The molecule has 0 aliphatic heterocycles. The van der Waals surface area contributed by atoms with Crippen molar-refractivity contribution in [3.05, 3.63) is 83.7 Å². The molecule has 0 saturated heterocycles. The Morgan fingerprint density at radius 2 is 1.58 bits per heavy atom. The van der Waals surface area contributed by atoms with Crippen molar-refractivity contribution in [3.63, 3.8) is 0 Å². The predicted octanol–water partition coefficient (Wildman–Crippen LogP) is 7.49. The molecule has 1 saturated carbocycles. The van der Waals surface area contributed by atoms with Gasteiger partial charge in [0.05, 0.1) is 20.1 Å². The first-order chi connectivity index (χ1) is 24.3. The van der Waals surface area contributed by atoms with E-state index in [2.05, 4.69) is 28.3 Å². The maximum atomic E-state index is 12.9. The average Bonchev–Trinajstić information content (AvgIpc) is 3.14. The Morgan fingerprint density at radius 1 is 0.880 bits per heavy atom. The SMILES string of the molecule is CCCCCC1CCC([C@@H]2CC=C(c3cnc(-c4ccc(CN(CC(=O)O)C(=O)CNC(=O)Cc5ccc(OC)cc5)cc4)nc3)CC2)CC1. The maximum Gasteiger partial charge on any atom is 0.323 e. The van der Waals surface area contributed by atoms with Gasteiger partial charge in [-0.25, -0.2) is 9.97 Å². The molecular weight excluding hydrogens is 628 g/mol. The predicted molar refractivity (Wildman–Crippen MR) is 195 cm³/mol. The number of aromatic nitrogens is 2. The number of unbranched alkanes of at least 4 members (excludes halogenated alkanes) is 2. The van der Waals surface area contributed by atoms with E-state index in [1.165, 1.54) is 68.3 Å². The van der Waals surface area contributed by atoms with Crippen LogP contribution in [0.5, 0.6) is 5.75 Å². The summed E-state index contributed by atoms with van der Waals surface area (Å²) in [6, 6.07) is 14.5. The Labute approximate surface area is 296 Å². The van der Waals surface area contributed by atoms with Gasteiger partial charge in [-0.05, 0) is 78.7 Å². The highest BCUT2D eigenvalue weighted by Gasteiger charge is 2.29.